The monoisotopic (exact) mass is 1010 g/mol. The van der Waals surface area contributed by atoms with E-state index < -0.39 is 60.4 Å². The van der Waals surface area contributed by atoms with Gasteiger partial charge in [0, 0.05) is 73.2 Å². The Labute approximate surface area is 401 Å². The van der Waals surface area contributed by atoms with Crippen LogP contribution in [0.25, 0.3) is 49.9 Å². The molecule has 6 aromatic carbocycles. The Hall–Kier alpha value is -5.64. The molecule has 2 unspecified atom stereocenters. The molecule has 3 fully saturated rings. The molecule has 11 rings (SSSR count). The molecule has 3 heterocycles. The molecule has 2 bridgehead atoms. The van der Waals surface area contributed by atoms with Crippen molar-refractivity contribution >= 4 is 33.2 Å². The number of rotatable bonds is 7. The van der Waals surface area contributed by atoms with Crippen LogP contribution in [0.3, 0.4) is 0 Å². The number of anilines is 2. The zero-order valence-corrected chi connectivity index (χ0v) is 38.4. The molecule has 0 N–H and O–H groups in total. The summed E-state index contributed by atoms with van der Waals surface area (Å²) < 4.78 is 97.2. The summed E-state index contributed by atoms with van der Waals surface area (Å²) in [5, 5.41) is 2.08. The SMILES string of the molecule is [2H]c1c([2H])c([2H])c(-c2cccc(-c3c([2H])c([2H])c([2H])c([2H])c3[2H])c2N2[CH-]N(c3[c-]c(Oc4[c-]c5c(cc4)c4ccccc4n5-c4cc(C(C)(C)C)ccn4)cc(C(C)(C)C)c3)[C@@H]3C2C2CC[C@@H]3C2)c([2H])c1[2H].[Pt]. The maximum absolute atomic E-state index is 9.16. The Morgan fingerprint density at radius 3 is 1.98 bits per heavy atom. The normalized spacial score (nSPS) is 21.7. The van der Waals surface area contributed by atoms with Crippen LogP contribution in [0.4, 0.5) is 11.4 Å². The minimum absolute atomic E-state index is 0. The fraction of sp³-hybridized carbons (Fsp3) is 0.263. The molecular weight excluding hydrogens is 952 g/mol. The zero-order chi connectivity index (χ0) is 51.0. The summed E-state index contributed by atoms with van der Waals surface area (Å²) in [5.41, 5.74) is 5.17. The number of ether oxygens (including phenoxy) is 1. The smallest absolute Gasteiger partial charge is 0.135 e. The second-order valence-corrected chi connectivity index (χ2v) is 19.0. The topological polar surface area (TPSA) is 33.5 Å². The first-order valence-electron chi connectivity index (χ1n) is 26.5. The molecule has 3 aliphatic rings. The van der Waals surface area contributed by atoms with Crippen LogP contribution in [-0.4, -0.2) is 21.6 Å². The van der Waals surface area contributed by atoms with Crippen molar-refractivity contribution in [2.75, 3.05) is 9.80 Å². The van der Waals surface area contributed by atoms with E-state index in [0.29, 0.717) is 17.2 Å². The van der Waals surface area contributed by atoms with Crippen molar-refractivity contribution in [3.8, 4) is 39.6 Å². The molecule has 0 radical (unpaired) electrons. The Balaban J connectivity index is 0.00000611. The molecule has 1 saturated heterocycles. The van der Waals surface area contributed by atoms with E-state index in [1.165, 1.54) is 0 Å². The molecule has 2 aliphatic carbocycles. The minimum atomic E-state index is -0.528. The third-order valence-electron chi connectivity index (χ3n) is 13.1. The first-order valence-corrected chi connectivity index (χ1v) is 21.5. The van der Waals surface area contributed by atoms with E-state index in [1.807, 2.05) is 37.1 Å². The summed E-state index contributed by atoms with van der Waals surface area (Å²) in [5.74, 6) is 2.21. The maximum atomic E-state index is 9.16. The van der Waals surface area contributed by atoms with Gasteiger partial charge in [0.15, 0.2) is 0 Å². The standard InChI is InChI=1S/C57H53N4O.Pt/c1-56(2,3)41-28-29-58-52(33-41)61-50-23-14-13-20-48(50)49-27-26-44(35-51(49)61)62-45-32-42(57(4,5)6)31-43(34-45)59-36-60(54-40-25-24-39(30-40)53(54)59)55-46(37-16-9-7-10-17-37)21-15-22-47(55)38-18-11-8-12-19-38;/h7-23,26-29,31-33,36,39-40,53-54H,24-25,30H2,1-6H3;/q-3;/t39-,40?,53+,54?;/m1./s1/i7D,8D,9D,10D,11D,12D,16D,17D,18D,19D;. The fourth-order valence-corrected chi connectivity index (χ4v) is 10.2. The summed E-state index contributed by atoms with van der Waals surface area (Å²) in [6, 6.07) is 28.0. The van der Waals surface area contributed by atoms with Gasteiger partial charge in [0.1, 0.15) is 5.82 Å². The van der Waals surface area contributed by atoms with Gasteiger partial charge >= 0.3 is 0 Å². The molecule has 1 aliphatic heterocycles. The van der Waals surface area contributed by atoms with Gasteiger partial charge in [0.2, 0.25) is 0 Å². The van der Waals surface area contributed by atoms with E-state index in [9.17, 15) is 0 Å². The van der Waals surface area contributed by atoms with E-state index in [1.54, 1.807) is 18.2 Å². The van der Waals surface area contributed by atoms with Gasteiger partial charge in [-0.2, -0.15) is 12.7 Å². The molecule has 320 valence electrons. The van der Waals surface area contributed by atoms with Crippen LogP contribution >= 0.6 is 0 Å². The van der Waals surface area contributed by atoms with Gasteiger partial charge < -0.3 is 19.1 Å². The van der Waals surface area contributed by atoms with Crippen LogP contribution in [0.15, 0.2) is 145 Å². The minimum Gasteiger partial charge on any atom is -0.519 e. The summed E-state index contributed by atoms with van der Waals surface area (Å²) in [6.45, 7) is 15.0. The molecule has 5 nitrogen and oxygen atoms in total. The van der Waals surface area contributed by atoms with Crippen molar-refractivity contribution in [1.82, 2.24) is 9.55 Å². The van der Waals surface area contributed by atoms with Crippen LogP contribution in [0.5, 0.6) is 11.5 Å². The molecule has 2 saturated carbocycles. The van der Waals surface area contributed by atoms with Crippen LogP contribution in [0, 0.1) is 30.6 Å². The van der Waals surface area contributed by atoms with E-state index in [4.69, 9.17) is 23.4 Å². The molecule has 63 heavy (non-hydrogen) atoms. The molecule has 6 heteroatoms. The van der Waals surface area contributed by atoms with Crippen LogP contribution in [0.2, 0.25) is 0 Å². The zero-order valence-electron chi connectivity index (χ0n) is 46.1. The van der Waals surface area contributed by atoms with Gasteiger partial charge in [0.05, 0.1) is 13.7 Å². The van der Waals surface area contributed by atoms with Gasteiger partial charge in [0.25, 0.3) is 0 Å². The van der Waals surface area contributed by atoms with Gasteiger partial charge in [-0.1, -0.05) is 144 Å². The molecule has 4 atom stereocenters. The van der Waals surface area contributed by atoms with Crippen LogP contribution in [-0.2, 0) is 31.9 Å². The number of fused-ring (bicyclic) bond motifs is 8. The second-order valence-electron chi connectivity index (χ2n) is 19.0. The predicted octanol–water partition coefficient (Wildman–Crippen LogP) is 14.1. The number of benzene rings is 6. The van der Waals surface area contributed by atoms with Crippen LogP contribution < -0.4 is 14.5 Å². The Morgan fingerprint density at radius 1 is 0.667 bits per heavy atom. The quantitative estimate of drug-likeness (QED) is 0.149. The van der Waals surface area contributed by atoms with Crippen molar-refractivity contribution in [1.29, 1.82) is 0 Å². The number of hydrogen-bond acceptors (Lipinski definition) is 4. The van der Waals surface area contributed by atoms with Gasteiger partial charge in [-0.15, -0.1) is 47.0 Å². The average molecular weight is 1020 g/mol. The Morgan fingerprint density at radius 2 is 1.32 bits per heavy atom. The van der Waals surface area contributed by atoms with Gasteiger partial charge in [-0.25, -0.2) is 4.98 Å². The summed E-state index contributed by atoms with van der Waals surface area (Å²) >= 11 is 0. The Bertz CT molecular complexity index is 3420. The van der Waals surface area contributed by atoms with Crippen molar-refractivity contribution in [2.24, 2.45) is 11.8 Å². The van der Waals surface area contributed by atoms with Gasteiger partial charge in [-0.05, 0) is 82.2 Å². The number of nitrogens with zero attached hydrogens (tertiary/aromatic N) is 4. The third-order valence-corrected chi connectivity index (χ3v) is 13.1. The predicted molar refractivity (Wildman–Crippen MR) is 255 cm³/mol. The van der Waals surface area contributed by atoms with Crippen molar-refractivity contribution in [3.05, 3.63) is 175 Å². The molecule has 8 aromatic rings. The summed E-state index contributed by atoms with van der Waals surface area (Å²) in [4.78, 5) is 9.16. The van der Waals surface area contributed by atoms with Crippen LogP contribution in [0.1, 0.15) is 85.6 Å². The van der Waals surface area contributed by atoms with Crippen molar-refractivity contribution in [2.45, 2.75) is 83.7 Å². The largest absolute Gasteiger partial charge is 0.519 e. The van der Waals surface area contributed by atoms with E-state index >= 15 is 0 Å². The fourth-order valence-electron chi connectivity index (χ4n) is 10.2. The van der Waals surface area contributed by atoms with Crippen molar-refractivity contribution in [3.63, 3.8) is 0 Å². The third kappa shape index (κ3) is 7.27. The molecule has 0 amide bonds. The molecule has 2 aromatic heterocycles. The number of para-hydroxylation sites is 2. The van der Waals surface area contributed by atoms with E-state index in [2.05, 4.69) is 104 Å². The van der Waals surface area contributed by atoms with E-state index in [0.717, 1.165) is 63.7 Å². The Kier molecular flexibility index (Phi) is 7.87. The number of aromatic nitrogens is 2. The van der Waals surface area contributed by atoms with Crippen molar-refractivity contribution < 1.29 is 39.5 Å². The number of hydrogen-bond donors (Lipinski definition) is 0. The average Bonchev–Trinajstić information content (AvgIpc) is 4.15. The van der Waals surface area contributed by atoms with Gasteiger partial charge in [-0.3, -0.25) is 0 Å². The summed E-state index contributed by atoms with van der Waals surface area (Å²) in [6.07, 6.45) is 4.71. The maximum Gasteiger partial charge on any atom is 0.135 e. The first-order chi connectivity index (χ1) is 34.1. The molecular formula is C57H53N4OPt-3. The number of pyridine rings is 1. The molecule has 0 spiro atoms. The van der Waals surface area contributed by atoms with E-state index in [-0.39, 0.29) is 78.1 Å². The second kappa shape index (κ2) is 15.9. The first kappa shape index (κ1) is 31.2. The summed E-state index contributed by atoms with van der Waals surface area (Å²) in [7, 11) is 0.